The van der Waals surface area contributed by atoms with Gasteiger partial charge >= 0.3 is 0 Å². The molecular weight excluding hydrogens is 202 g/mol. The molecule has 1 aromatic heterocycles. The van der Waals surface area contributed by atoms with Crippen molar-refractivity contribution >= 4 is 16.8 Å². The minimum atomic E-state index is -0.660. The lowest BCUT2D eigenvalue weighted by Gasteiger charge is -2.09. The molecule has 0 fully saturated rings. The number of rotatable bonds is 3. The number of amides is 1. The molecule has 0 aliphatic rings. The van der Waals surface area contributed by atoms with Crippen molar-refractivity contribution in [1.29, 1.82) is 0 Å². The monoisotopic (exact) mass is 215 g/mol. The van der Waals surface area contributed by atoms with Crippen molar-refractivity contribution in [3.8, 4) is 0 Å². The number of hydrogen-bond acceptors (Lipinski definition) is 3. The van der Waals surface area contributed by atoms with Gasteiger partial charge in [0.1, 0.15) is 0 Å². The van der Waals surface area contributed by atoms with Gasteiger partial charge in [0.15, 0.2) is 0 Å². The van der Waals surface area contributed by atoms with Crippen LogP contribution in [0.15, 0.2) is 36.5 Å². The van der Waals surface area contributed by atoms with E-state index in [-0.39, 0.29) is 0 Å². The van der Waals surface area contributed by atoms with Gasteiger partial charge in [-0.2, -0.15) is 0 Å². The number of nitrogens with zero attached hydrogens (tertiary/aromatic N) is 1. The van der Waals surface area contributed by atoms with Gasteiger partial charge in [0.05, 0.1) is 11.6 Å². The van der Waals surface area contributed by atoms with Gasteiger partial charge < -0.3 is 11.5 Å². The number of fused-ring (bicyclic) bond motifs is 1. The fraction of sp³-hybridized carbons (Fsp3) is 0.167. The molecule has 0 aliphatic carbocycles. The second kappa shape index (κ2) is 4.28. The van der Waals surface area contributed by atoms with Crippen LogP contribution < -0.4 is 11.5 Å². The average Bonchev–Trinajstić information content (AvgIpc) is 2.29. The molecule has 4 heteroatoms. The molecule has 2 aromatic rings. The van der Waals surface area contributed by atoms with Gasteiger partial charge in [-0.1, -0.05) is 24.3 Å². The van der Waals surface area contributed by atoms with Crippen molar-refractivity contribution in [2.24, 2.45) is 11.5 Å². The van der Waals surface area contributed by atoms with E-state index in [9.17, 15) is 4.79 Å². The molecule has 1 unspecified atom stereocenters. The summed E-state index contributed by atoms with van der Waals surface area (Å²) in [4.78, 5) is 15.2. The summed E-state index contributed by atoms with van der Waals surface area (Å²) in [6.07, 6.45) is 2.14. The van der Waals surface area contributed by atoms with Crippen molar-refractivity contribution in [1.82, 2.24) is 4.98 Å². The first kappa shape index (κ1) is 10.6. The summed E-state index contributed by atoms with van der Waals surface area (Å²) < 4.78 is 0. The van der Waals surface area contributed by atoms with Gasteiger partial charge in [-0.25, -0.2) is 0 Å². The number of primary amides is 1. The van der Waals surface area contributed by atoms with Crippen LogP contribution in [0.25, 0.3) is 10.9 Å². The Morgan fingerprint density at radius 3 is 2.81 bits per heavy atom. The molecular formula is C12H13N3O. The summed E-state index contributed by atoms with van der Waals surface area (Å²) in [6, 6.07) is 9.00. The molecule has 0 radical (unpaired) electrons. The molecule has 16 heavy (non-hydrogen) atoms. The fourth-order valence-corrected chi connectivity index (χ4v) is 1.67. The van der Waals surface area contributed by atoms with E-state index in [0.29, 0.717) is 6.42 Å². The van der Waals surface area contributed by atoms with Crippen LogP contribution in [0, 0.1) is 0 Å². The summed E-state index contributed by atoms with van der Waals surface area (Å²) in [5.41, 5.74) is 12.6. The van der Waals surface area contributed by atoms with Gasteiger partial charge in [-0.3, -0.25) is 9.78 Å². The number of benzene rings is 1. The predicted octanol–water partition coefficient (Wildman–Crippen LogP) is 0.590. The molecule has 82 valence electrons. The number of para-hydroxylation sites is 1. The largest absolute Gasteiger partial charge is 0.368 e. The van der Waals surface area contributed by atoms with Crippen LogP contribution in [0.5, 0.6) is 0 Å². The third-order valence-electron chi connectivity index (χ3n) is 2.52. The van der Waals surface area contributed by atoms with Crippen LogP contribution in [0.2, 0.25) is 0 Å². The minimum Gasteiger partial charge on any atom is -0.368 e. The maximum absolute atomic E-state index is 10.9. The van der Waals surface area contributed by atoms with Crippen LogP contribution in [0.3, 0.4) is 0 Å². The van der Waals surface area contributed by atoms with Crippen LogP contribution in [0.1, 0.15) is 5.56 Å². The lowest BCUT2D eigenvalue weighted by atomic mass is 10.0. The van der Waals surface area contributed by atoms with Gasteiger partial charge in [0.2, 0.25) is 5.91 Å². The normalized spacial score (nSPS) is 12.6. The zero-order chi connectivity index (χ0) is 11.5. The van der Waals surface area contributed by atoms with Crippen LogP contribution in [0.4, 0.5) is 0 Å². The molecule has 0 saturated heterocycles. The summed E-state index contributed by atoms with van der Waals surface area (Å²) >= 11 is 0. The Kier molecular flexibility index (Phi) is 2.83. The van der Waals surface area contributed by atoms with Crippen LogP contribution in [-0.4, -0.2) is 16.9 Å². The van der Waals surface area contributed by atoms with Crippen molar-refractivity contribution in [2.45, 2.75) is 12.5 Å². The third-order valence-corrected chi connectivity index (χ3v) is 2.52. The maximum atomic E-state index is 10.9. The standard InChI is InChI=1S/C12H13N3O/c13-10(12(14)16)7-9-4-1-3-8-5-2-6-15-11(8)9/h1-6,10H,7,13H2,(H2,14,16). The van der Waals surface area contributed by atoms with Crippen LogP contribution >= 0.6 is 0 Å². The first-order valence-corrected chi connectivity index (χ1v) is 5.06. The second-order valence-electron chi connectivity index (χ2n) is 3.71. The van der Waals surface area contributed by atoms with Crippen LogP contribution in [-0.2, 0) is 11.2 Å². The maximum Gasteiger partial charge on any atom is 0.234 e. The number of pyridine rings is 1. The zero-order valence-electron chi connectivity index (χ0n) is 8.76. The molecule has 1 aromatic carbocycles. The SMILES string of the molecule is NC(=O)C(N)Cc1cccc2cccnc12. The third kappa shape index (κ3) is 2.01. The van der Waals surface area contributed by atoms with Gasteiger partial charge in [0, 0.05) is 11.6 Å². The lowest BCUT2D eigenvalue weighted by molar-refractivity contribution is -0.119. The Bertz CT molecular complexity index is 519. The van der Waals surface area contributed by atoms with E-state index < -0.39 is 11.9 Å². The second-order valence-corrected chi connectivity index (χ2v) is 3.71. The van der Waals surface area contributed by atoms with Gasteiger partial charge in [-0.05, 0) is 18.1 Å². The van der Waals surface area contributed by atoms with Crippen molar-refractivity contribution in [2.75, 3.05) is 0 Å². The van der Waals surface area contributed by atoms with Crippen molar-refractivity contribution in [3.63, 3.8) is 0 Å². The molecule has 1 amide bonds. The van der Waals surface area contributed by atoms with E-state index in [1.807, 2.05) is 30.3 Å². The molecule has 0 saturated carbocycles. The van der Waals surface area contributed by atoms with E-state index in [1.54, 1.807) is 6.20 Å². The first-order valence-electron chi connectivity index (χ1n) is 5.06. The van der Waals surface area contributed by atoms with E-state index in [0.717, 1.165) is 16.5 Å². The van der Waals surface area contributed by atoms with E-state index >= 15 is 0 Å². The Hall–Kier alpha value is -1.94. The smallest absolute Gasteiger partial charge is 0.234 e. The molecule has 0 bridgehead atoms. The zero-order valence-corrected chi connectivity index (χ0v) is 8.76. The highest BCUT2D eigenvalue weighted by atomic mass is 16.1. The Balaban J connectivity index is 2.41. The molecule has 1 atom stereocenters. The quantitative estimate of drug-likeness (QED) is 0.786. The van der Waals surface area contributed by atoms with Crippen molar-refractivity contribution in [3.05, 3.63) is 42.1 Å². The average molecular weight is 215 g/mol. The topological polar surface area (TPSA) is 82.0 Å². The van der Waals surface area contributed by atoms with E-state index in [4.69, 9.17) is 11.5 Å². The molecule has 0 spiro atoms. The summed E-state index contributed by atoms with van der Waals surface area (Å²) in [7, 11) is 0. The molecule has 4 nitrogen and oxygen atoms in total. The van der Waals surface area contributed by atoms with Gasteiger partial charge in [-0.15, -0.1) is 0 Å². The highest BCUT2D eigenvalue weighted by Crippen LogP contribution is 2.16. The molecule has 0 aliphatic heterocycles. The molecule has 2 rings (SSSR count). The number of aromatic nitrogens is 1. The minimum absolute atomic E-state index is 0.420. The number of hydrogen-bond donors (Lipinski definition) is 2. The summed E-state index contributed by atoms with van der Waals surface area (Å²) in [5, 5.41) is 1.04. The summed E-state index contributed by atoms with van der Waals surface area (Å²) in [6.45, 7) is 0. The number of carbonyl (C=O) groups excluding carboxylic acids is 1. The van der Waals surface area contributed by atoms with Gasteiger partial charge in [0.25, 0.3) is 0 Å². The van der Waals surface area contributed by atoms with E-state index in [1.165, 1.54) is 0 Å². The van der Waals surface area contributed by atoms with Crippen molar-refractivity contribution < 1.29 is 4.79 Å². The number of nitrogens with two attached hydrogens (primary N) is 2. The predicted molar refractivity (Wildman–Crippen MR) is 62.6 cm³/mol. The first-order chi connectivity index (χ1) is 7.68. The van der Waals surface area contributed by atoms with E-state index in [2.05, 4.69) is 4.98 Å². The summed E-state index contributed by atoms with van der Waals surface area (Å²) in [5.74, 6) is -0.493. The Labute approximate surface area is 93.3 Å². The number of carbonyl (C=O) groups is 1. The Morgan fingerprint density at radius 1 is 1.31 bits per heavy atom. The highest BCUT2D eigenvalue weighted by molar-refractivity contribution is 5.84. The lowest BCUT2D eigenvalue weighted by Crippen LogP contribution is -2.38. The molecule has 1 heterocycles. The molecule has 4 N–H and O–H groups in total. The highest BCUT2D eigenvalue weighted by Gasteiger charge is 2.12. The Morgan fingerprint density at radius 2 is 2.06 bits per heavy atom. The fourth-order valence-electron chi connectivity index (χ4n) is 1.67.